The van der Waals surface area contributed by atoms with Gasteiger partial charge in [-0.15, -0.1) is 0 Å². The highest BCUT2D eigenvalue weighted by Crippen LogP contribution is 2.39. The van der Waals surface area contributed by atoms with E-state index in [0.29, 0.717) is 11.1 Å². The van der Waals surface area contributed by atoms with Crippen molar-refractivity contribution in [1.82, 2.24) is 10.2 Å². The molecule has 2 aromatic rings. The van der Waals surface area contributed by atoms with Gasteiger partial charge < -0.3 is 15.3 Å². The second-order valence-corrected chi connectivity index (χ2v) is 7.31. The maximum Gasteiger partial charge on any atom is 0.295 e. The van der Waals surface area contributed by atoms with Crippen molar-refractivity contribution in [2.24, 2.45) is 0 Å². The van der Waals surface area contributed by atoms with Gasteiger partial charge in [-0.3, -0.25) is 14.4 Å². The van der Waals surface area contributed by atoms with Crippen LogP contribution in [0.1, 0.15) is 24.1 Å². The Morgan fingerprint density at radius 1 is 1.11 bits per heavy atom. The summed E-state index contributed by atoms with van der Waals surface area (Å²) in [5.41, 5.74) is 1.20. The normalized spacial score (nSPS) is 18.4. The van der Waals surface area contributed by atoms with E-state index in [1.165, 1.54) is 11.8 Å². The molecule has 1 unspecified atom stereocenters. The Kier molecular flexibility index (Phi) is 5.94. The number of nitrogens with one attached hydrogen (secondary N) is 1. The number of halogens is 1. The van der Waals surface area contributed by atoms with Crippen LogP contribution in [0.25, 0.3) is 5.76 Å². The van der Waals surface area contributed by atoms with Gasteiger partial charge in [0, 0.05) is 30.0 Å². The molecule has 2 amide bonds. The van der Waals surface area contributed by atoms with Crippen LogP contribution in [-0.2, 0) is 14.4 Å². The minimum absolute atomic E-state index is 0.0429. The summed E-state index contributed by atoms with van der Waals surface area (Å²) >= 11 is 3.38. The van der Waals surface area contributed by atoms with Crippen molar-refractivity contribution in [3.8, 4) is 0 Å². The van der Waals surface area contributed by atoms with E-state index in [2.05, 4.69) is 21.2 Å². The lowest BCUT2D eigenvalue weighted by molar-refractivity contribution is -0.139. The number of likely N-dealkylation sites (tertiary alicyclic amines) is 1. The zero-order valence-electron chi connectivity index (χ0n) is 15.2. The van der Waals surface area contributed by atoms with Crippen LogP contribution in [0.15, 0.2) is 64.6 Å². The third-order valence-corrected chi connectivity index (χ3v) is 5.03. The third kappa shape index (κ3) is 3.99. The topological polar surface area (TPSA) is 86.7 Å². The van der Waals surface area contributed by atoms with E-state index in [1.807, 2.05) is 12.1 Å². The van der Waals surface area contributed by atoms with Crippen LogP contribution in [-0.4, -0.2) is 40.7 Å². The molecule has 1 aliphatic heterocycles. The summed E-state index contributed by atoms with van der Waals surface area (Å²) in [4.78, 5) is 38.0. The zero-order chi connectivity index (χ0) is 20.3. The molecule has 1 fully saturated rings. The molecule has 1 heterocycles. The number of benzene rings is 2. The molecule has 0 spiro atoms. The quantitative estimate of drug-likeness (QED) is 0.423. The fourth-order valence-corrected chi connectivity index (χ4v) is 3.47. The highest BCUT2D eigenvalue weighted by atomic mass is 79.9. The van der Waals surface area contributed by atoms with Gasteiger partial charge in [0.2, 0.25) is 5.91 Å². The molecule has 0 bridgehead atoms. The minimum Gasteiger partial charge on any atom is -0.507 e. The Morgan fingerprint density at radius 2 is 1.75 bits per heavy atom. The van der Waals surface area contributed by atoms with E-state index in [4.69, 9.17) is 0 Å². The molecule has 7 heteroatoms. The number of aliphatic hydroxyl groups is 1. The smallest absolute Gasteiger partial charge is 0.295 e. The summed E-state index contributed by atoms with van der Waals surface area (Å²) in [6, 6.07) is 15.1. The van der Waals surface area contributed by atoms with E-state index in [9.17, 15) is 19.5 Å². The van der Waals surface area contributed by atoms with Gasteiger partial charge in [-0.25, -0.2) is 0 Å². The average molecular weight is 443 g/mol. The summed E-state index contributed by atoms with van der Waals surface area (Å²) < 4.78 is 0.856. The van der Waals surface area contributed by atoms with Gasteiger partial charge in [0.15, 0.2) is 0 Å². The Morgan fingerprint density at radius 3 is 2.36 bits per heavy atom. The predicted octanol–water partition coefficient (Wildman–Crippen LogP) is 3.01. The molecule has 144 valence electrons. The highest BCUT2D eigenvalue weighted by Gasteiger charge is 2.45. The van der Waals surface area contributed by atoms with Gasteiger partial charge in [0.25, 0.3) is 11.7 Å². The minimum atomic E-state index is -0.739. The van der Waals surface area contributed by atoms with Crippen molar-refractivity contribution in [2.45, 2.75) is 13.0 Å². The number of carbonyl (C=O) groups is 3. The van der Waals surface area contributed by atoms with Crippen LogP contribution in [0.5, 0.6) is 0 Å². The lowest BCUT2D eigenvalue weighted by Crippen LogP contribution is -2.37. The van der Waals surface area contributed by atoms with E-state index in [0.717, 1.165) is 4.47 Å². The number of carbonyl (C=O) groups excluding carboxylic acids is 3. The Bertz CT molecular complexity index is 939. The molecule has 0 radical (unpaired) electrons. The zero-order valence-corrected chi connectivity index (χ0v) is 16.8. The summed E-state index contributed by atoms with van der Waals surface area (Å²) in [6.07, 6.45) is 0. The number of rotatable bonds is 5. The molecule has 3 rings (SSSR count). The molecule has 0 aliphatic carbocycles. The van der Waals surface area contributed by atoms with Crippen molar-refractivity contribution in [1.29, 1.82) is 0 Å². The van der Waals surface area contributed by atoms with Crippen molar-refractivity contribution in [3.63, 3.8) is 0 Å². The number of hydrogen-bond acceptors (Lipinski definition) is 4. The average Bonchev–Trinajstić information content (AvgIpc) is 2.93. The third-order valence-electron chi connectivity index (χ3n) is 4.50. The van der Waals surface area contributed by atoms with Crippen LogP contribution in [0, 0.1) is 0 Å². The number of hydrogen-bond donors (Lipinski definition) is 2. The number of Topliss-reactive ketones (excluding diaryl/α,β-unsaturated/α-hetero) is 1. The maximum atomic E-state index is 12.8. The number of ketones is 1. The summed E-state index contributed by atoms with van der Waals surface area (Å²) in [5, 5.41) is 13.5. The van der Waals surface area contributed by atoms with Gasteiger partial charge >= 0.3 is 0 Å². The lowest BCUT2D eigenvalue weighted by Gasteiger charge is -2.25. The second kappa shape index (κ2) is 8.39. The first-order valence-corrected chi connectivity index (χ1v) is 9.53. The van der Waals surface area contributed by atoms with E-state index in [-0.39, 0.29) is 30.3 Å². The number of amides is 2. The molecule has 1 atom stereocenters. The lowest BCUT2D eigenvalue weighted by atomic mass is 9.95. The fourth-order valence-electron chi connectivity index (χ4n) is 3.21. The Hall–Kier alpha value is -2.93. The SMILES string of the molecule is CC(=O)NCCN1C(=O)C(=O)/C(=C(/O)c2ccccc2)C1c1ccc(Br)cc1. The van der Waals surface area contributed by atoms with Gasteiger partial charge in [0.1, 0.15) is 5.76 Å². The first kappa shape index (κ1) is 19.8. The molecule has 28 heavy (non-hydrogen) atoms. The number of nitrogens with zero attached hydrogens (tertiary/aromatic N) is 1. The van der Waals surface area contributed by atoms with Gasteiger partial charge in [-0.05, 0) is 17.7 Å². The number of aliphatic hydroxyl groups excluding tert-OH is 1. The summed E-state index contributed by atoms with van der Waals surface area (Å²) in [6.45, 7) is 1.74. The van der Waals surface area contributed by atoms with Crippen molar-refractivity contribution in [2.75, 3.05) is 13.1 Å². The van der Waals surface area contributed by atoms with Crippen LogP contribution in [0.4, 0.5) is 0 Å². The molecule has 2 N–H and O–H groups in total. The molecule has 1 aliphatic rings. The van der Waals surface area contributed by atoms with Gasteiger partial charge in [-0.1, -0.05) is 58.4 Å². The molecule has 0 aromatic heterocycles. The van der Waals surface area contributed by atoms with Crippen LogP contribution < -0.4 is 5.32 Å². The molecule has 0 saturated carbocycles. The Balaban J connectivity index is 2.08. The molecular formula is C21H19BrN2O4. The van der Waals surface area contributed by atoms with Gasteiger partial charge in [0.05, 0.1) is 11.6 Å². The largest absolute Gasteiger partial charge is 0.507 e. The fraction of sp³-hybridized carbons (Fsp3) is 0.190. The standard InChI is InChI=1S/C21H19BrN2O4/c1-13(25)23-11-12-24-18(14-7-9-16(22)10-8-14)17(20(27)21(24)28)19(26)15-5-3-2-4-6-15/h2-10,18,26H,11-12H2,1H3,(H,23,25)/b19-17+. The molecule has 1 saturated heterocycles. The van der Waals surface area contributed by atoms with E-state index in [1.54, 1.807) is 42.5 Å². The molecule has 2 aromatic carbocycles. The van der Waals surface area contributed by atoms with Gasteiger partial charge in [-0.2, -0.15) is 0 Å². The first-order valence-electron chi connectivity index (χ1n) is 8.74. The van der Waals surface area contributed by atoms with E-state index >= 15 is 0 Å². The maximum absolute atomic E-state index is 12.8. The molecular weight excluding hydrogens is 424 g/mol. The van der Waals surface area contributed by atoms with Crippen molar-refractivity contribution < 1.29 is 19.5 Å². The summed E-state index contributed by atoms with van der Waals surface area (Å²) in [5.74, 6) is -1.87. The monoisotopic (exact) mass is 442 g/mol. The van der Waals surface area contributed by atoms with Crippen molar-refractivity contribution >= 4 is 39.3 Å². The van der Waals surface area contributed by atoms with Crippen LogP contribution >= 0.6 is 15.9 Å². The predicted molar refractivity (Wildman–Crippen MR) is 108 cm³/mol. The van der Waals surface area contributed by atoms with Crippen molar-refractivity contribution in [3.05, 3.63) is 75.8 Å². The summed E-state index contributed by atoms with van der Waals surface area (Å²) in [7, 11) is 0. The van der Waals surface area contributed by atoms with Crippen LogP contribution in [0.2, 0.25) is 0 Å². The molecule has 6 nitrogen and oxygen atoms in total. The Labute approximate surface area is 171 Å². The van der Waals surface area contributed by atoms with Crippen LogP contribution in [0.3, 0.4) is 0 Å². The van der Waals surface area contributed by atoms with E-state index < -0.39 is 17.7 Å². The first-order chi connectivity index (χ1) is 13.4. The highest BCUT2D eigenvalue weighted by molar-refractivity contribution is 9.10. The second-order valence-electron chi connectivity index (χ2n) is 6.39.